The van der Waals surface area contributed by atoms with Crippen LogP contribution in [0, 0.1) is 0 Å². The number of ether oxygens (including phenoxy) is 1. The third-order valence-corrected chi connectivity index (χ3v) is 5.08. The van der Waals surface area contributed by atoms with Gasteiger partial charge in [-0.15, -0.1) is 0 Å². The first kappa shape index (κ1) is 15.5. The molecule has 8 heteroatoms. The normalized spacial score (nSPS) is 25.6. The molecule has 20 heavy (non-hydrogen) atoms. The van der Waals surface area contributed by atoms with Gasteiger partial charge in [0, 0.05) is 32.3 Å². The summed E-state index contributed by atoms with van der Waals surface area (Å²) in [7, 11) is -3.11. The molecule has 0 aromatic carbocycles. The molecule has 0 aliphatic carbocycles. The summed E-state index contributed by atoms with van der Waals surface area (Å²) in [6, 6.07) is -0.157. The number of urea groups is 1. The summed E-state index contributed by atoms with van der Waals surface area (Å²) in [4.78, 5) is 11.7. The van der Waals surface area contributed by atoms with Gasteiger partial charge in [-0.3, -0.25) is 0 Å². The quantitative estimate of drug-likeness (QED) is 0.758. The predicted octanol–water partition coefficient (Wildman–Crippen LogP) is -0.111. The summed E-state index contributed by atoms with van der Waals surface area (Å²) < 4.78 is 29.6. The first-order chi connectivity index (χ1) is 9.45. The molecule has 0 spiro atoms. The Morgan fingerprint density at radius 2 is 2.00 bits per heavy atom. The molecule has 0 bridgehead atoms. The van der Waals surface area contributed by atoms with Crippen LogP contribution in [0.1, 0.15) is 25.7 Å². The van der Waals surface area contributed by atoms with Crippen LogP contribution in [0.15, 0.2) is 0 Å². The molecule has 0 aromatic rings. The van der Waals surface area contributed by atoms with Crippen molar-refractivity contribution in [1.29, 1.82) is 0 Å². The first-order valence-corrected chi connectivity index (χ1v) is 8.91. The van der Waals surface area contributed by atoms with E-state index in [1.165, 1.54) is 10.6 Å². The van der Waals surface area contributed by atoms with Crippen LogP contribution >= 0.6 is 0 Å². The van der Waals surface area contributed by atoms with E-state index in [1.807, 2.05) is 0 Å². The van der Waals surface area contributed by atoms with Gasteiger partial charge in [-0.2, -0.15) is 0 Å². The van der Waals surface area contributed by atoms with E-state index in [-0.39, 0.29) is 18.2 Å². The Hall–Kier alpha value is -0.860. The highest BCUT2D eigenvalue weighted by Crippen LogP contribution is 2.13. The zero-order valence-electron chi connectivity index (χ0n) is 11.8. The number of rotatable bonds is 4. The Labute approximate surface area is 120 Å². The van der Waals surface area contributed by atoms with Gasteiger partial charge in [0.1, 0.15) is 0 Å². The topological polar surface area (TPSA) is 87.7 Å². The summed E-state index contributed by atoms with van der Waals surface area (Å²) in [5.74, 6) is 0. The lowest BCUT2D eigenvalue weighted by Gasteiger charge is -2.30. The Balaban J connectivity index is 1.65. The Morgan fingerprint density at radius 1 is 1.30 bits per heavy atom. The van der Waals surface area contributed by atoms with E-state index >= 15 is 0 Å². The Bertz CT molecular complexity index is 426. The molecule has 1 atom stereocenters. The van der Waals surface area contributed by atoms with Gasteiger partial charge in [0.25, 0.3) is 0 Å². The molecule has 2 saturated heterocycles. The highest BCUT2D eigenvalue weighted by Gasteiger charge is 2.26. The number of carbonyl (C=O) groups excluding carboxylic acids is 1. The van der Waals surface area contributed by atoms with Crippen LogP contribution in [0.2, 0.25) is 0 Å². The molecule has 0 saturated carbocycles. The average Bonchev–Trinajstić information content (AvgIpc) is 2.89. The van der Waals surface area contributed by atoms with Gasteiger partial charge in [0.2, 0.25) is 10.0 Å². The molecule has 0 radical (unpaired) electrons. The highest BCUT2D eigenvalue weighted by atomic mass is 32.2. The fraction of sp³-hybridized carbons (Fsp3) is 0.917. The Morgan fingerprint density at radius 3 is 2.55 bits per heavy atom. The minimum atomic E-state index is -3.11. The minimum Gasteiger partial charge on any atom is -0.376 e. The van der Waals surface area contributed by atoms with Crippen molar-refractivity contribution in [3.05, 3.63) is 0 Å². The van der Waals surface area contributed by atoms with E-state index in [0.717, 1.165) is 19.4 Å². The maximum atomic E-state index is 11.7. The van der Waals surface area contributed by atoms with Gasteiger partial charge in [-0.1, -0.05) is 0 Å². The molecule has 2 amide bonds. The predicted molar refractivity (Wildman–Crippen MR) is 74.9 cm³/mol. The van der Waals surface area contributed by atoms with Crippen molar-refractivity contribution in [2.75, 3.05) is 32.5 Å². The number of carbonyl (C=O) groups is 1. The van der Waals surface area contributed by atoms with Crippen molar-refractivity contribution in [1.82, 2.24) is 14.9 Å². The van der Waals surface area contributed by atoms with E-state index < -0.39 is 10.0 Å². The van der Waals surface area contributed by atoms with Crippen molar-refractivity contribution in [2.45, 2.75) is 37.8 Å². The van der Waals surface area contributed by atoms with Crippen LogP contribution in [-0.2, 0) is 14.8 Å². The van der Waals surface area contributed by atoms with Gasteiger partial charge in [-0.05, 0) is 25.7 Å². The third kappa shape index (κ3) is 4.60. The maximum absolute atomic E-state index is 11.7. The molecular formula is C12H23N3O4S. The highest BCUT2D eigenvalue weighted by molar-refractivity contribution is 7.88. The second-order valence-corrected chi connectivity index (χ2v) is 7.41. The molecule has 0 unspecified atom stereocenters. The van der Waals surface area contributed by atoms with Crippen molar-refractivity contribution < 1.29 is 17.9 Å². The summed E-state index contributed by atoms with van der Waals surface area (Å²) in [6.07, 6.45) is 4.70. The van der Waals surface area contributed by atoms with Crippen LogP contribution in [-0.4, -0.2) is 63.4 Å². The summed E-state index contributed by atoms with van der Waals surface area (Å²) in [5.41, 5.74) is 0. The zero-order chi connectivity index (χ0) is 14.6. The molecule has 2 fully saturated rings. The summed E-state index contributed by atoms with van der Waals surface area (Å²) >= 11 is 0. The molecular weight excluding hydrogens is 282 g/mol. The van der Waals surface area contributed by atoms with Crippen molar-refractivity contribution in [3.63, 3.8) is 0 Å². The van der Waals surface area contributed by atoms with E-state index in [1.54, 1.807) is 0 Å². The monoisotopic (exact) mass is 305 g/mol. The molecule has 2 heterocycles. The number of amides is 2. The lowest BCUT2D eigenvalue weighted by Crippen LogP contribution is -2.49. The molecule has 2 aliphatic heterocycles. The van der Waals surface area contributed by atoms with Crippen molar-refractivity contribution >= 4 is 16.1 Å². The number of nitrogens with one attached hydrogen (secondary N) is 2. The Kier molecular flexibility index (Phi) is 5.22. The molecule has 116 valence electrons. The van der Waals surface area contributed by atoms with Gasteiger partial charge < -0.3 is 15.4 Å². The standard InChI is InChI=1S/C12H23N3O4S/c1-20(17,18)15-6-4-10(5-7-15)14-12(16)13-9-11-3-2-8-19-11/h10-11H,2-9H2,1H3,(H2,13,14,16)/t11-/m1/s1. The van der Waals surface area contributed by atoms with Crippen LogP contribution in [0.3, 0.4) is 0 Å². The lowest BCUT2D eigenvalue weighted by atomic mass is 10.1. The SMILES string of the molecule is CS(=O)(=O)N1CCC(NC(=O)NC[C@H]2CCCO2)CC1. The number of hydrogen-bond acceptors (Lipinski definition) is 4. The summed E-state index contributed by atoms with van der Waals surface area (Å²) in [5, 5.41) is 5.69. The number of sulfonamides is 1. The summed E-state index contributed by atoms with van der Waals surface area (Å²) in [6.45, 7) is 2.25. The largest absolute Gasteiger partial charge is 0.376 e. The number of hydrogen-bond donors (Lipinski definition) is 2. The van der Waals surface area contributed by atoms with Gasteiger partial charge in [0.15, 0.2) is 0 Å². The van der Waals surface area contributed by atoms with E-state index in [0.29, 0.717) is 32.5 Å². The van der Waals surface area contributed by atoms with Crippen LogP contribution < -0.4 is 10.6 Å². The smallest absolute Gasteiger partial charge is 0.315 e. The second-order valence-electron chi connectivity index (χ2n) is 5.43. The van der Waals surface area contributed by atoms with E-state index in [2.05, 4.69) is 10.6 Å². The maximum Gasteiger partial charge on any atom is 0.315 e. The van der Waals surface area contributed by atoms with Gasteiger partial charge in [0.05, 0.1) is 12.4 Å². The van der Waals surface area contributed by atoms with Gasteiger partial charge in [-0.25, -0.2) is 17.5 Å². The fourth-order valence-corrected chi connectivity index (χ4v) is 3.45. The second kappa shape index (κ2) is 6.73. The van der Waals surface area contributed by atoms with Crippen LogP contribution in [0.5, 0.6) is 0 Å². The van der Waals surface area contributed by atoms with Crippen molar-refractivity contribution in [3.8, 4) is 0 Å². The number of nitrogens with zero attached hydrogens (tertiary/aromatic N) is 1. The van der Waals surface area contributed by atoms with Crippen molar-refractivity contribution in [2.24, 2.45) is 0 Å². The van der Waals surface area contributed by atoms with Crippen LogP contribution in [0.4, 0.5) is 4.79 Å². The molecule has 2 aliphatic rings. The van der Waals surface area contributed by atoms with Gasteiger partial charge >= 0.3 is 6.03 Å². The molecule has 7 nitrogen and oxygen atoms in total. The third-order valence-electron chi connectivity index (χ3n) is 3.77. The zero-order valence-corrected chi connectivity index (χ0v) is 12.6. The van der Waals surface area contributed by atoms with E-state index in [4.69, 9.17) is 4.74 Å². The first-order valence-electron chi connectivity index (χ1n) is 7.06. The molecule has 2 N–H and O–H groups in total. The lowest BCUT2D eigenvalue weighted by molar-refractivity contribution is 0.111. The number of piperidine rings is 1. The van der Waals surface area contributed by atoms with E-state index in [9.17, 15) is 13.2 Å². The van der Waals surface area contributed by atoms with Crippen LogP contribution in [0.25, 0.3) is 0 Å². The fourth-order valence-electron chi connectivity index (χ4n) is 2.58. The molecule has 0 aromatic heterocycles. The minimum absolute atomic E-state index is 0.0393. The average molecular weight is 305 g/mol. The molecule has 2 rings (SSSR count).